The van der Waals surface area contributed by atoms with Gasteiger partial charge in [0.2, 0.25) is 0 Å². The van der Waals surface area contributed by atoms with E-state index in [1.54, 1.807) is 18.2 Å². The molecule has 108 valence electrons. The Balaban J connectivity index is 1.82. The molecular formula is C15H13F2N3O. The first-order chi connectivity index (χ1) is 10.1. The zero-order valence-electron chi connectivity index (χ0n) is 11.0. The van der Waals surface area contributed by atoms with Crippen LogP contribution in [0.5, 0.6) is 0 Å². The average Bonchev–Trinajstić information content (AvgIpc) is 2.49. The van der Waals surface area contributed by atoms with Gasteiger partial charge in [-0.1, -0.05) is 0 Å². The van der Waals surface area contributed by atoms with Gasteiger partial charge in [-0.3, -0.25) is 4.79 Å². The van der Waals surface area contributed by atoms with E-state index in [-0.39, 0.29) is 5.69 Å². The van der Waals surface area contributed by atoms with Crippen molar-refractivity contribution in [3.05, 3.63) is 53.6 Å². The topological polar surface area (TPSA) is 53.2 Å². The summed E-state index contributed by atoms with van der Waals surface area (Å²) in [5.74, 6) is -1.94. The fourth-order valence-electron chi connectivity index (χ4n) is 2.17. The van der Waals surface area contributed by atoms with Gasteiger partial charge >= 0.3 is 0 Å². The molecule has 0 saturated heterocycles. The third-order valence-electron chi connectivity index (χ3n) is 3.22. The fraction of sp³-hybridized carbons (Fsp3) is 0.133. The van der Waals surface area contributed by atoms with Crippen molar-refractivity contribution in [1.29, 1.82) is 0 Å². The van der Waals surface area contributed by atoms with E-state index in [0.717, 1.165) is 36.6 Å². The molecule has 21 heavy (non-hydrogen) atoms. The van der Waals surface area contributed by atoms with Crippen LogP contribution >= 0.6 is 0 Å². The lowest BCUT2D eigenvalue weighted by molar-refractivity contribution is 0.102. The third kappa shape index (κ3) is 2.79. The highest BCUT2D eigenvalue weighted by Gasteiger charge is 2.13. The van der Waals surface area contributed by atoms with Crippen LogP contribution in [0.3, 0.4) is 0 Å². The van der Waals surface area contributed by atoms with Gasteiger partial charge in [0.25, 0.3) is 5.91 Å². The van der Waals surface area contributed by atoms with Gasteiger partial charge in [-0.2, -0.15) is 0 Å². The number of nitrogens with one attached hydrogen (secondary N) is 3. The largest absolute Gasteiger partial charge is 0.382 e. The van der Waals surface area contributed by atoms with Crippen LogP contribution in [0, 0.1) is 11.6 Å². The molecule has 2 aromatic carbocycles. The normalized spacial score (nSPS) is 12.9. The number of fused-ring (bicyclic) bond motifs is 1. The zero-order chi connectivity index (χ0) is 14.8. The average molecular weight is 289 g/mol. The highest BCUT2D eigenvalue weighted by molar-refractivity contribution is 6.05. The molecule has 1 aliphatic heterocycles. The second-order valence-corrected chi connectivity index (χ2v) is 4.69. The van der Waals surface area contributed by atoms with E-state index in [9.17, 15) is 13.6 Å². The molecule has 0 aliphatic carbocycles. The Morgan fingerprint density at radius 2 is 1.76 bits per heavy atom. The lowest BCUT2D eigenvalue weighted by Crippen LogP contribution is -2.21. The number of hydrogen-bond donors (Lipinski definition) is 3. The molecule has 0 saturated carbocycles. The van der Waals surface area contributed by atoms with E-state index in [1.807, 2.05) is 0 Å². The second-order valence-electron chi connectivity index (χ2n) is 4.69. The lowest BCUT2D eigenvalue weighted by atomic mass is 10.1. The van der Waals surface area contributed by atoms with Gasteiger partial charge in [-0.05, 0) is 30.3 Å². The highest BCUT2D eigenvalue weighted by Crippen LogP contribution is 2.26. The maximum absolute atomic E-state index is 13.5. The first-order valence-corrected chi connectivity index (χ1v) is 6.52. The quantitative estimate of drug-likeness (QED) is 0.796. The van der Waals surface area contributed by atoms with Crippen molar-refractivity contribution < 1.29 is 13.6 Å². The maximum Gasteiger partial charge on any atom is 0.255 e. The summed E-state index contributed by atoms with van der Waals surface area (Å²) in [6.45, 7) is 1.59. The number of hydrogen-bond acceptors (Lipinski definition) is 3. The Labute approximate surface area is 120 Å². The Morgan fingerprint density at radius 3 is 2.52 bits per heavy atom. The smallest absolute Gasteiger partial charge is 0.255 e. The molecule has 0 radical (unpaired) electrons. The molecular weight excluding hydrogens is 276 g/mol. The minimum Gasteiger partial charge on any atom is -0.382 e. The van der Waals surface area contributed by atoms with E-state index in [1.165, 1.54) is 6.07 Å². The summed E-state index contributed by atoms with van der Waals surface area (Å²) in [7, 11) is 0. The molecule has 0 unspecified atom stereocenters. The predicted octanol–water partition coefficient (Wildman–Crippen LogP) is 3.05. The van der Waals surface area contributed by atoms with Gasteiger partial charge in [-0.15, -0.1) is 0 Å². The molecule has 0 atom stereocenters. The van der Waals surface area contributed by atoms with Gasteiger partial charge in [0.15, 0.2) is 0 Å². The van der Waals surface area contributed by atoms with Crippen molar-refractivity contribution in [2.45, 2.75) is 0 Å². The molecule has 1 amide bonds. The van der Waals surface area contributed by atoms with Crippen LogP contribution < -0.4 is 16.0 Å². The van der Waals surface area contributed by atoms with E-state index >= 15 is 0 Å². The van der Waals surface area contributed by atoms with Crippen LogP contribution in [0.25, 0.3) is 0 Å². The van der Waals surface area contributed by atoms with Crippen LogP contribution in [0.4, 0.5) is 25.8 Å². The minimum absolute atomic E-state index is 0.0507. The van der Waals surface area contributed by atoms with E-state index in [2.05, 4.69) is 16.0 Å². The number of amides is 1. The molecule has 0 bridgehead atoms. The monoisotopic (exact) mass is 289 g/mol. The van der Waals surface area contributed by atoms with Crippen LogP contribution in [0.2, 0.25) is 0 Å². The molecule has 4 nitrogen and oxygen atoms in total. The number of carbonyl (C=O) groups excluding carboxylic acids is 1. The molecule has 0 spiro atoms. The summed E-state index contributed by atoms with van der Waals surface area (Å²) in [6, 6.07) is 8.15. The van der Waals surface area contributed by atoms with Crippen molar-refractivity contribution >= 4 is 23.0 Å². The van der Waals surface area contributed by atoms with Crippen molar-refractivity contribution in [2.24, 2.45) is 0 Å². The summed E-state index contributed by atoms with van der Waals surface area (Å²) >= 11 is 0. The third-order valence-corrected chi connectivity index (χ3v) is 3.22. The summed E-state index contributed by atoms with van der Waals surface area (Å²) in [4.78, 5) is 12.1. The minimum atomic E-state index is -0.805. The highest BCUT2D eigenvalue weighted by atomic mass is 19.1. The van der Waals surface area contributed by atoms with Crippen molar-refractivity contribution in [1.82, 2.24) is 0 Å². The molecule has 0 aromatic heterocycles. The van der Waals surface area contributed by atoms with E-state index < -0.39 is 17.5 Å². The van der Waals surface area contributed by atoms with Crippen molar-refractivity contribution in [2.75, 3.05) is 29.0 Å². The van der Waals surface area contributed by atoms with Crippen LogP contribution in [0.1, 0.15) is 10.4 Å². The van der Waals surface area contributed by atoms with Crippen LogP contribution in [-0.4, -0.2) is 19.0 Å². The fourth-order valence-corrected chi connectivity index (χ4v) is 2.17. The molecule has 0 fully saturated rings. The summed E-state index contributed by atoms with van der Waals surface area (Å²) in [5, 5.41) is 8.80. The van der Waals surface area contributed by atoms with Crippen molar-refractivity contribution in [3.63, 3.8) is 0 Å². The first-order valence-electron chi connectivity index (χ1n) is 6.52. The van der Waals surface area contributed by atoms with E-state index in [0.29, 0.717) is 5.56 Å². The summed E-state index contributed by atoms with van der Waals surface area (Å²) in [6.07, 6.45) is 0. The second kappa shape index (κ2) is 5.40. The molecule has 3 N–H and O–H groups in total. The lowest BCUT2D eigenvalue weighted by Gasteiger charge is -2.20. The number of carbonyl (C=O) groups is 1. The Morgan fingerprint density at radius 1 is 1.00 bits per heavy atom. The molecule has 1 heterocycles. The summed E-state index contributed by atoms with van der Waals surface area (Å²) in [5.41, 5.74) is 2.10. The van der Waals surface area contributed by atoms with Gasteiger partial charge < -0.3 is 16.0 Å². The van der Waals surface area contributed by atoms with Crippen LogP contribution in [-0.2, 0) is 0 Å². The van der Waals surface area contributed by atoms with Gasteiger partial charge in [0, 0.05) is 24.7 Å². The van der Waals surface area contributed by atoms with Gasteiger partial charge in [-0.25, -0.2) is 8.78 Å². The summed E-state index contributed by atoms with van der Waals surface area (Å²) < 4.78 is 26.4. The number of anilines is 3. The Hall–Kier alpha value is -2.63. The molecule has 3 rings (SSSR count). The van der Waals surface area contributed by atoms with Crippen LogP contribution in [0.15, 0.2) is 36.4 Å². The molecule has 2 aromatic rings. The van der Waals surface area contributed by atoms with E-state index in [4.69, 9.17) is 0 Å². The molecule has 6 heteroatoms. The zero-order valence-corrected chi connectivity index (χ0v) is 11.0. The Kier molecular flexibility index (Phi) is 3.43. The first kappa shape index (κ1) is 13.4. The van der Waals surface area contributed by atoms with Crippen molar-refractivity contribution in [3.8, 4) is 0 Å². The number of benzene rings is 2. The molecule has 1 aliphatic rings. The number of rotatable bonds is 2. The predicted molar refractivity (Wildman–Crippen MR) is 77.7 cm³/mol. The SMILES string of the molecule is O=C(Nc1ccc(F)cc1F)c1ccc2c(c1)NCCN2. The van der Waals surface area contributed by atoms with Gasteiger partial charge in [0.1, 0.15) is 11.6 Å². The Bertz CT molecular complexity index is 703. The maximum atomic E-state index is 13.5. The van der Waals surface area contributed by atoms with Gasteiger partial charge in [0.05, 0.1) is 17.1 Å². The standard InChI is InChI=1S/C15H13F2N3O/c16-10-2-4-12(11(17)8-10)20-15(21)9-1-3-13-14(7-9)19-6-5-18-13/h1-4,7-8,18-19H,5-6H2,(H,20,21). The number of halogens is 2.